The smallest absolute Gasteiger partial charge is 0.290 e. The van der Waals surface area contributed by atoms with Gasteiger partial charge in [0.05, 0.1) is 12.3 Å². The first-order valence-electron chi connectivity index (χ1n) is 13.4. The van der Waals surface area contributed by atoms with Crippen LogP contribution in [-0.4, -0.2) is 92.7 Å². The number of likely N-dealkylation sites (N-methyl/N-ethyl adjacent to an activating group) is 1. The van der Waals surface area contributed by atoms with E-state index in [2.05, 4.69) is 40.4 Å². The molecule has 0 aliphatic heterocycles. The number of benzene rings is 1. The van der Waals surface area contributed by atoms with Crippen LogP contribution in [-0.2, 0) is 29.3 Å². The van der Waals surface area contributed by atoms with Gasteiger partial charge in [-0.05, 0) is 57.5 Å². The van der Waals surface area contributed by atoms with E-state index in [-0.39, 0.29) is 31.3 Å². The maximum atomic E-state index is 11.8. The molecule has 0 radical (unpaired) electrons. The molecule has 0 saturated heterocycles. The van der Waals surface area contributed by atoms with Crippen LogP contribution in [0.15, 0.2) is 24.3 Å². The Bertz CT molecular complexity index is 1050. The standard InChI is InChI=1S/C14H22N2O.C11H22N4O6S.CH2O2/c1-3-5-11-16-14(17)12-6-8-13(9-7-12)15-10-4-2;1-7(3-4-10(17)14-5-9(12)16)15-11(18)8(13-2)6-22(19,20)21;2-1-3/h6-9,15H,3-5,10-11H2,1-2H3,(H,16,17);7-8,13H,3-6H2,1-2H3,(H2,12,16)(H,14,17)(H,15,18)(H,19,20,21);1H,(H,2,3). The fourth-order valence-corrected chi connectivity index (χ4v) is 3.77. The maximum absolute atomic E-state index is 11.8. The lowest BCUT2D eigenvalue weighted by Crippen LogP contribution is -2.49. The molecule has 2 atom stereocenters. The highest BCUT2D eigenvalue weighted by molar-refractivity contribution is 7.85. The zero-order valence-corrected chi connectivity index (χ0v) is 25.5. The lowest BCUT2D eigenvalue weighted by molar-refractivity contribution is -0.125. The molecule has 0 spiro atoms. The van der Waals surface area contributed by atoms with E-state index in [9.17, 15) is 27.6 Å². The highest BCUT2D eigenvalue weighted by atomic mass is 32.2. The first kappa shape index (κ1) is 40.4. The first-order valence-corrected chi connectivity index (χ1v) is 15.0. The number of anilines is 1. The minimum absolute atomic E-state index is 0.0143. The molecular weight excluding hydrogens is 572 g/mol. The lowest BCUT2D eigenvalue weighted by atomic mass is 10.1. The summed E-state index contributed by atoms with van der Waals surface area (Å²) in [6.07, 6.45) is 3.58. The van der Waals surface area contributed by atoms with Crippen LogP contribution in [0.2, 0.25) is 0 Å². The van der Waals surface area contributed by atoms with Gasteiger partial charge in [-0.15, -0.1) is 0 Å². The number of carbonyl (C=O) groups excluding carboxylic acids is 4. The highest BCUT2D eigenvalue weighted by Gasteiger charge is 2.23. The predicted molar refractivity (Wildman–Crippen MR) is 159 cm³/mol. The molecule has 0 fully saturated rings. The summed E-state index contributed by atoms with van der Waals surface area (Å²) in [6, 6.07) is 6.12. The Morgan fingerprint density at radius 2 is 1.62 bits per heavy atom. The minimum Gasteiger partial charge on any atom is -0.483 e. The van der Waals surface area contributed by atoms with E-state index >= 15 is 0 Å². The lowest BCUT2D eigenvalue weighted by Gasteiger charge is -2.18. The van der Waals surface area contributed by atoms with Crippen LogP contribution in [0.4, 0.5) is 5.69 Å². The Labute approximate surface area is 247 Å². The van der Waals surface area contributed by atoms with Gasteiger partial charge in [0.15, 0.2) is 0 Å². The average molecular weight is 619 g/mol. The Hall–Kier alpha value is -3.76. The van der Waals surface area contributed by atoms with Crippen molar-refractivity contribution in [2.24, 2.45) is 5.73 Å². The molecule has 1 aromatic rings. The Balaban J connectivity index is 0. The third-order valence-electron chi connectivity index (χ3n) is 5.24. The molecule has 0 aliphatic carbocycles. The van der Waals surface area contributed by atoms with Gasteiger partial charge in [-0.1, -0.05) is 20.3 Å². The second-order valence-corrected chi connectivity index (χ2v) is 10.5. The summed E-state index contributed by atoms with van der Waals surface area (Å²) < 4.78 is 30.3. The molecule has 0 saturated carbocycles. The third kappa shape index (κ3) is 23.0. The van der Waals surface area contributed by atoms with Crippen LogP contribution >= 0.6 is 0 Å². The quantitative estimate of drug-likeness (QED) is 0.0660. The van der Waals surface area contributed by atoms with E-state index < -0.39 is 39.8 Å². The number of hydrogen-bond donors (Lipinski definition) is 8. The monoisotopic (exact) mass is 618 g/mol. The van der Waals surface area contributed by atoms with Gasteiger partial charge in [0.1, 0.15) is 6.04 Å². The molecule has 15 nitrogen and oxygen atoms in total. The van der Waals surface area contributed by atoms with Crippen molar-refractivity contribution in [2.75, 3.05) is 37.8 Å². The molecule has 2 unspecified atom stereocenters. The Kier molecular flexibility index (Phi) is 23.0. The average Bonchev–Trinajstić information content (AvgIpc) is 2.93. The van der Waals surface area contributed by atoms with Gasteiger partial charge >= 0.3 is 0 Å². The highest BCUT2D eigenvalue weighted by Crippen LogP contribution is 2.09. The summed E-state index contributed by atoms with van der Waals surface area (Å²) in [5.41, 5.74) is 6.67. The zero-order chi connectivity index (χ0) is 32.6. The van der Waals surface area contributed by atoms with Crippen molar-refractivity contribution in [1.29, 1.82) is 0 Å². The van der Waals surface area contributed by atoms with Crippen LogP contribution in [0, 0.1) is 0 Å². The molecule has 42 heavy (non-hydrogen) atoms. The van der Waals surface area contributed by atoms with Gasteiger partial charge in [0, 0.05) is 36.8 Å². The van der Waals surface area contributed by atoms with Crippen LogP contribution in [0.1, 0.15) is 63.2 Å². The normalized spacial score (nSPS) is 11.6. The number of nitrogens with one attached hydrogen (secondary N) is 5. The maximum Gasteiger partial charge on any atom is 0.290 e. The number of carbonyl (C=O) groups is 5. The fourth-order valence-electron chi connectivity index (χ4n) is 3.03. The fraction of sp³-hybridized carbons (Fsp3) is 0.577. The van der Waals surface area contributed by atoms with E-state index in [1.165, 1.54) is 7.05 Å². The number of unbranched alkanes of at least 4 members (excludes halogenated alkanes) is 1. The van der Waals surface area contributed by atoms with Gasteiger partial charge in [-0.2, -0.15) is 8.42 Å². The topological polar surface area (TPSA) is 246 Å². The van der Waals surface area contributed by atoms with Crippen molar-refractivity contribution in [1.82, 2.24) is 21.3 Å². The van der Waals surface area contributed by atoms with Crippen molar-refractivity contribution < 1.29 is 42.0 Å². The number of rotatable bonds is 17. The molecule has 240 valence electrons. The van der Waals surface area contributed by atoms with Crippen molar-refractivity contribution in [2.45, 2.75) is 65.0 Å². The predicted octanol–water partition coefficient (Wildman–Crippen LogP) is 0.0878. The van der Waals surface area contributed by atoms with E-state index in [1.807, 2.05) is 24.3 Å². The first-order chi connectivity index (χ1) is 19.7. The number of nitrogens with two attached hydrogens (primary N) is 1. The minimum atomic E-state index is -4.29. The van der Waals surface area contributed by atoms with Crippen molar-refractivity contribution in [3.63, 3.8) is 0 Å². The van der Waals surface area contributed by atoms with E-state index in [0.29, 0.717) is 6.42 Å². The summed E-state index contributed by atoms with van der Waals surface area (Å²) in [7, 11) is -2.90. The summed E-state index contributed by atoms with van der Waals surface area (Å²) >= 11 is 0. The second-order valence-electron chi connectivity index (χ2n) is 9.00. The Morgan fingerprint density at radius 3 is 2.10 bits per heavy atom. The summed E-state index contributed by atoms with van der Waals surface area (Å²) in [6.45, 7) is 7.09. The summed E-state index contributed by atoms with van der Waals surface area (Å²) in [4.78, 5) is 53.7. The van der Waals surface area contributed by atoms with E-state index in [4.69, 9.17) is 20.2 Å². The Morgan fingerprint density at radius 1 is 1.02 bits per heavy atom. The number of carboxylic acid groups (broad SMARTS) is 1. The van der Waals surface area contributed by atoms with E-state index in [0.717, 1.165) is 43.6 Å². The molecule has 9 N–H and O–H groups in total. The molecule has 4 amide bonds. The summed E-state index contributed by atoms with van der Waals surface area (Å²) in [5, 5.41) is 20.4. The number of amides is 4. The van der Waals surface area contributed by atoms with Gasteiger partial charge in [0.25, 0.3) is 22.5 Å². The van der Waals surface area contributed by atoms with Crippen LogP contribution in [0.5, 0.6) is 0 Å². The van der Waals surface area contributed by atoms with Crippen molar-refractivity contribution in [3.05, 3.63) is 29.8 Å². The molecule has 1 rings (SSSR count). The molecule has 16 heteroatoms. The van der Waals surface area contributed by atoms with Gasteiger partial charge < -0.3 is 37.4 Å². The van der Waals surface area contributed by atoms with Crippen LogP contribution < -0.4 is 32.3 Å². The largest absolute Gasteiger partial charge is 0.483 e. The zero-order valence-electron chi connectivity index (χ0n) is 24.6. The van der Waals surface area contributed by atoms with Crippen LogP contribution in [0.25, 0.3) is 0 Å². The molecule has 0 heterocycles. The molecule has 0 aromatic heterocycles. The molecular formula is C26H46N6O9S. The van der Waals surface area contributed by atoms with Gasteiger partial charge in [-0.25, -0.2) is 0 Å². The van der Waals surface area contributed by atoms with Crippen molar-refractivity contribution in [3.8, 4) is 0 Å². The molecule has 0 aliphatic rings. The second kappa shape index (κ2) is 23.9. The third-order valence-corrected chi connectivity index (χ3v) is 5.99. The van der Waals surface area contributed by atoms with Crippen molar-refractivity contribution >= 4 is 45.9 Å². The molecule has 1 aromatic carbocycles. The number of primary amides is 1. The van der Waals surface area contributed by atoms with Gasteiger partial charge in [-0.3, -0.25) is 28.5 Å². The van der Waals surface area contributed by atoms with Crippen LogP contribution in [0.3, 0.4) is 0 Å². The summed E-state index contributed by atoms with van der Waals surface area (Å²) in [5.74, 6) is -2.38. The SMILES string of the molecule is CCCCNC(=O)c1ccc(NCCC)cc1.CNC(CS(=O)(=O)O)C(=O)NC(C)CCC(=O)NCC(N)=O.O=CO. The van der Waals surface area contributed by atoms with Gasteiger partial charge in [0.2, 0.25) is 17.7 Å². The van der Waals surface area contributed by atoms with E-state index in [1.54, 1.807) is 6.92 Å². The molecule has 0 bridgehead atoms. The number of hydrogen-bond acceptors (Lipinski definition) is 9.